The highest BCUT2D eigenvalue weighted by Crippen LogP contribution is 2.73. The number of carbonyl (C=O) groups is 6. The number of hydrogen-bond acceptors (Lipinski definition) is 15. The lowest BCUT2D eigenvalue weighted by molar-refractivity contribution is -0.202. The summed E-state index contributed by atoms with van der Waals surface area (Å²) in [6.07, 6.45) is 19.6. The van der Waals surface area contributed by atoms with Gasteiger partial charge < -0.3 is 67.4 Å². The van der Waals surface area contributed by atoms with E-state index in [0.717, 1.165) is 130 Å². The van der Waals surface area contributed by atoms with Crippen LogP contribution in [0.15, 0.2) is 83.8 Å². The number of nitrogens with one attached hydrogen (secondary N) is 7. The summed E-state index contributed by atoms with van der Waals surface area (Å²) in [6.45, 7) is 21.6. The summed E-state index contributed by atoms with van der Waals surface area (Å²) in [5, 5.41) is 97.0. The van der Waals surface area contributed by atoms with Crippen LogP contribution < -0.4 is 41.5 Å². The Morgan fingerprint density at radius 3 is 1.18 bits per heavy atom. The van der Waals surface area contributed by atoms with E-state index in [4.69, 9.17) is 0 Å². The Morgan fingerprint density at radius 2 is 0.760 bits per heavy atom. The second-order valence-corrected chi connectivity index (χ2v) is 47.7. The second kappa shape index (κ2) is 38.5. The van der Waals surface area contributed by atoms with Crippen LogP contribution in [-0.2, 0) is 38.8 Å². The average molecular weight is 1800 g/mol. The molecule has 712 valence electrons. The summed E-state index contributed by atoms with van der Waals surface area (Å²) >= 11 is 0. The second-order valence-electron chi connectivity index (χ2n) is 46.0. The standard InChI is InChI=1S/C106H158N8O14S/c1-61(31-40-92(121)108-50-18-29-95(124)111-69-44-47-102(5)66(53-69)56-87(117)100-79-39-36-76(106(79,9)91(120)60-82(100)102)63(3)33-42-97(126)113-83-25-14-21-64-20-12-13-22-71(64)83)74-34-37-77-98-80(58-89(118)104(74,77)7)101(4)46-43-68(52-65(101)55-85(98)115)110-94(123)28-17-49-107-93(122)41-32-62(2)75-35-38-78-99-81(59-90(119)105(75,78)8)103(6)48-45-70(54-67(103)57-86(99)116)112-96(125)30-19-51-109-129(127,128)88-27-16-23-72-73(88)24-15-26-84(72)114(10)11/h12-16,20-27,61-63,65-70,74-82,85-87,89-91,98-100,109,115-120H,17-19,28-60H2,1-11H3,(H,107,122)(H,108,121)(H,110,123)(H,111,124)(H,112,125)(H,113,126)/t61-,62-,63-,65+,66+,67+,68-,69-,70-,74-,75-,76-,77+,78+,79+,80+,81+,82+,85-,86-,87-,89+,90+,91+,98+,99+,100+,101+,102+,103+,104-,105-,106-/m1/s1. The Labute approximate surface area is 768 Å². The fraction of sp³-hybridized carbons (Fsp3) is 0.755. The van der Waals surface area contributed by atoms with Crippen LogP contribution in [0.1, 0.15) is 274 Å². The first-order valence-electron chi connectivity index (χ1n) is 50.9. The maximum absolute atomic E-state index is 13.6. The van der Waals surface area contributed by atoms with Crippen molar-refractivity contribution in [3.8, 4) is 0 Å². The van der Waals surface area contributed by atoms with Crippen molar-refractivity contribution in [3.63, 3.8) is 0 Å². The van der Waals surface area contributed by atoms with Gasteiger partial charge in [-0.1, -0.05) is 123 Å². The van der Waals surface area contributed by atoms with Crippen molar-refractivity contribution in [2.45, 2.75) is 334 Å². The number of aliphatic hydroxyl groups excluding tert-OH is 6. The smallest absolute Gasteiger partial charge is 0.241 e. The Morgan fingerprint density at radius 1 is 0.395 bits per heavy atom. The molecule has 4 aromatic rings. The van der Waals surface area contributed by atoms with Gasteiger partial charge in [-0.05, 0) is 336 Å². The van der Waals surface area contributed by atoms with Crippen molar-refractivity contribution in [1.82, 2.24) is 31.3 Å². The maximum Gasteiger partial charge on any atom is 0.241 e. The molecule has 12 fully saturated rings. The van der Waals surface area contributed by atoms with Crippen LogP contribution in [0.25, 0.3) is 21.5 Å². The number of anilines is 2. The van der Waals surface area contributed by atoms with Gasteiger partial charge in [0.2, 0.25) is 45.5 Å². The fourth-order valence-electron chi connectivity index (χ4n) is 32.5. The first-order chi connectivity index (χ1) is 61.4. The number of carbonyl (C=O) groups excluding carboxylic acids is 6. The summed E-state index contributed by atoms with van der Waals surface area (Å²) in [5.41, 5.74) is 0.397. The Bertz CT molecular complexity index is 4820. The first kappa shape index (κ1) is 95.8. The van der Waals surface area contributed by atoms with Crippen molar-refractivity contribution in [1.29, 1.82) is 0 Å². The molecule has 0 aliphatic heterocycles. The fourth-order valence-corrected chi connectivity index (χ4v) is 33.8. The molecule has 0 aromatic heterocycles. The number of nitrogens with zero attached hydrogens (tertiary/aromatic N) is 1. The van der Waals surface area contributed by atoms with Gasteiger partial charge in [0, 0.05) is 118 Å². The van der Waals surface area contributed by atoms with E-state index in [-0.39, 0.29) is 205 Å². The first-order valence-corrected chi connectivity index (χ1v) is 52.3. The van der Waals surface area contributed by atoms with E-state index in [9.17, 15) is 67.8 Å². The molecule has 0 bridgehead atoms. The highest BCUT2D eigenvalue weighted by Gasteiger charge is 2.70. The van der Waals surface area contributed by atoms with Crippen LogP contribution in [-0.4, -0.2) is 163 Å². The van der Waals surface area contributed by atoms with E-state index in [2.05, 4.69) is 111 Å². The molecule has 0 saturated heterocycles. The number of aliphatic hydroxyl groups is 6. The number of fused-ring (bicyclic) bond motifs is 17. The number of amides is 6. The van der Waals surface area contributed by atoms with Crippen molar-refractivity contribution < 1.29 is 67.8 Å². The lowest BCUT2D eigenvalue weighted by Crippen LogP contribution is -2.63. The third-order valence-corrected chi connectivity index (χ3v) is 41.1. The lowest BCUT2D eigenvalue weighted by atomic mass is 9.43. The van der Waals surface area contributed by atoms with Crippen molar-refractivity contribution >= 4 is 78.4 Å². The molecule has 0 spiro atoms. The van der Waals surface area contributed by atoms with E-state index in [1.807, 2.05) is 73.6 Å². The van der Waals surface area contributed by atoms with Crippen LogP contribution in [0.3, 0.4) is 0 Å². The van der Waals surface area contributed by atoms with Gasteiger partial charge in [0.15, 0.2) is 0 Å². The monoisotopic (exact) mass is 1800 g/mol. The summed E-state index contributed by atoms with van der Waals surface area (Å²) in [7, 11) is 0.0236. The topological polar surface area (TPSA) is 345 Å². The van der Waals surface area contributed by atoms with E-state index in [1.165, 1.54) is 0 Å². The molecular formula is C106H158N8O14S. The van der Waals surface area contributed by atoms with Crippen LogP contribution in [0.4, 0.5) is 11.4 Å². The number of hydrogen-bond donors (Lipinski definition) is 13. The van der Waals surface area contributed by atoms with Crippen molar-refractivity contribution in [3.05, 3.63) is 78.9 Å². The number of rotatable bonds is 31. The van der Waals surface area contributed by atoms with E-state index in [0.29, 0.717) is 121 Å². The van der Waals surface area contributed by atoms with Gasteiger partial charge in [0.25, 0.3) is 0 Å². The molecule has 23 heteroatoms. The van der Waals surface area contributed by atoms with E-state index >= 15 is 0 Å². The zero-order chi connectivity index (χ0) is 91.8. The minimum Gasteiger partial charge on any atom is -0.393 e. The van der Waals surface area contributed by atoms with Gasteiger partial charge in [-0.15, -0.1) is 0 Å². The summed E-state index contributed by atoms with van der Waals surface area (Å²) in [6, 6.07) is 25.0. The maximum atomic E-state index is 13.6. The van der Waals surface area contributed by atoms with Crippen molar-refractivity contribution in [2.24, 2.45) is 139 Å². The predicted octanol–water partition coefficient (Wildman–Crippen LogP) is 15.1. The molecule has 0 radical (unpaired) electrons. The third kappa shape index (κ3) is 18.3. The van der Waals surface area contributed by atoms with Gasteiger partial charge in [0.05, 0.1) is 41.5 Å². The molecule has 0 unspecified atom stereocenters. The molecule has 12 aliphatic rings. The molecule has 33 atom stereocenters. The zero-order valence-corrected chi connectivity index (χ0v) is 80.2. The summed E-state index contributed by atoms with van der Waals surface area (Å²) < 4.78 is 29.8. The zero-order valence-electron chi connectivity index (χ0n) is 79.4. The largest absolute Gasteiger partial charge is 0.393 e. The molecule has 4 aromatic carbocycles. The molecule has 0 heterocycles. The molecule has 129 heavy (non-hydrogen) atoms. The quantitative estimate of drug-likeness (QED) is 0.0208. The minimum absolute atomic E-state index is 0.00776. The SMILES string of the molecule is C[C@H](CCC(=O)NCCCC(=O)N[C@@H]1CC[C@@]2(C)[C@@H](C1)C[C@@H](O)[C@@H]1[C@@H]2C[C@H](O)[C@]2(C)[C@@H]([C@H](C)CCC(=O)Nc3cccc4ccccc34)CC[C@@H]12)[C@H]1CC[C@H]2[C@@H]3[C@H](O)C[C@@H]4C[C@H](NC(=O)CCCNC(=O)CC[C@@H](C)[C@H]5CC[C@H]6[C@@H]7[C@H](O)C[C@@H]8C[C@H](NC(=O)CCCNS(=O)(=O)c9cccc%10c(N(C)C)cccc9%10)CC[C@]8(C)[C@H]7C[C@H](O)[C@]56C)CC[C@]4(C)[C@H]3C[C@H](O)[C@]12C. The van der Waals surface area contributed by atoms with Gasteiger partial charge in [-0.2, -0.15) is 0 Å². The number of benzene rings is 4. The summed E-state index contributed by atoms with van der Waals surface area (Å²) in [4.78, 5) is 83.3. The number of sulfonamides is 1. The van der Waals surface area contributed by atoms with Crippen LogP contribution >= 0.6 is 0 Å². The molecular weight excluding hydrogens is 1640 g/mol. The molecule has 6 amide bonds. The summed E-state index contributed by atoms with van der Waals surface area (Å²) in [5.74, 6) is 2.91. The third-order valence-electron chi connectivity index (χ3n) is 39.6. The lowest BCUT2D eigenvalue weighted by Gasteiger charge is -2.63. The van der Waals surface area contributed by atoms with Crippen LogP contribution in [0.2, 0.25) is 0 Å². The van der Waals surface area contributed by atoms with Crippen LogP contribution in [0.5, 0.6) is 0 Å². The molecule has 22 nitrogen and oxygen atoms in total. The van der Waals surface area contributed by atoms with Gasteiger partial charge in [-0.3, -0.25) is 28.8 Å². The molecule has 12 saturated carbocycles. The minimum atomic E-state index is -3.83. The predicted molar refractivity (Wildman–Crippen MR) is 505 cm³/mol. The Balaban J connectivity index is 0.416. The highest BCUT2D eigenvalue weighted by atomic mass is 32.2. The Hall–Kier alpha value is -6.31. The van der Waals surface area contributed by atoms with Gasteiger partial charge in [0.1, 0.15) is 0 Å². The van der Waals surface area contributed by atoms with Crippen molar-refractivity contribution in [2.75, 3.05) is 43.9 Å². The normalized spacial score (nSPS) is 39.7. The average Bonchev–Trinajstić information content (AvgIpc) is 1.55. The Kier molecular flexibility index (Phi) is 28.6. The molecule has 13 N–H and O–H groups in total. The van der Waals surface area contributed by atoms with Crippen LogP contribution in [0, 0.1) is 139 Å². The molecule has 12 aliphatic carbocycles. The highest BCUT2D eigenvalue weighted by molar-refractivity contribution is 7.89. The van der Waals surface area contributed by atoms with E-state index < -0.39 is 52.1 Å². The molecule has 16 rings (SSSR count). The van der Waals surface area contributed by atoms with E-state index in [1.54, 1.807) is 12.1 Å². The van der Waals surface area contributed by atoms with Gasteiger partial charge >= 0.3 is 0 Å². The van der Waals surface area contributed by atoms with Gasteiger partial charge in [-0.25, -0.2) is 13.1 Å².